The Balaban J connectivity index is 1.90. The summed E-state index contributed by atoms with van der Waals surface area (Å²) < 4.78 is 11.6. The van der Waals surface area contributed by atoms with Crippen LogP contribution < -0.4 is 5.73 Å². The predicted molar refractivity (Wildman–Crippen MR) is 76.2 cm³/mol. The van der Waals surface area contributed by atoms with Crippen LogP contribution in [-0.4, -0.2) is 47.3 Å². The number of benzene rings is 1. The molecule has 0 fully saturated rings. The van der Waals surface area contributed by atoms with E-state index in [0.29, 0.717) is 5.69 Å². The minimum absolute atomic E-state index is 0.0556. The lowest BCUT2D eigenvalue weighted by atomic mass is 10.3. The Kier molecular flexibility index (Phi) is 5.30. The fraction of sp³-hybridized carbons (Fsp3) is 0.286. The molecule has 0 aliphatic rings. The fourth-order valence-electron chi connectivity index (χ4n) is 1.64. The maximum Gasteiger partial charge on any atom is 0.358 e. The number of aliphatic hydroxyl groups excluding tert-OH is 1. The van der Waals surface area contributed by atoms with Crippen LogP contribution in [0.3, 0.4) is 0 Å². The Hall–Kier alpha value is -2.38. The molecule has 112 valence electrons. The number of ether oxygens (including phenoxy) is 2. The zero-order valence-corrected chi connectivity index (χ0v) is 11.4. The summed E-state index contributed by atoms with van der Waals surface area (Å²) in [5, 5.41) is 12.7. The molecule has 1 heterocycles. The highest BCUT2D eigenvalue weighted by atomic mass is 16.6. The van der Waals surface area contributed by atoms with Gasteiger partial charge in [0, 0.05) is 11.9 Å². The second kappa shape index (κ2) is 7.41. The number of esters is 1. The van der Waals surface area contributed by atoms with Gasteiger partial charge in [-0.1, -0.05) is 0 Å². The van der Waals surface area contributed by atoms with Crippen molar-refractivity contribution in [1.29, 1.82) is 0 Å². The van der Waals surface area contributed by atoms with Crippen molar-refractivity contribution in [3.63, 3.8) is 0 Å². The molecule has 1 aromatic heterocycles. The molecule has 7 heteroatoms. The van der Waals surface area contributed by atoms with E-state index < -0.39 is 5.97 Å². The van der Waals surface area contributed by atoms with Crippen LogP contribution in [-0.2, 0) is 9.47 Å². The molecule has 0 atom stereocenters. The van der Waals surface area contributed by atoms with Crippen molar-refractivity contribution in [2.75, 3.05) is 32.2 Å². The largest absolute Gasteiger partial charge is 0.458 e. The Morgan fingerprint density at radius 1 is 1.19 bits per heavy atom. The molecule has 3 N–H and O–H groups in total. The Labute approximate surface area is 121 Å². The number of hydrogen-bond acceptors (Lipinski definition) is 6. The first-order valence-electron chi connectivity index (χ1n) is 6.48. The SMILES string of the molecule is Nc1ccc(-n2ccc(C(=O)OCCOCCO)n2)cc1. The highest BCUT2D eigenvalue weighted by molar-refractivity contribution is 5.87. The summed E-state index contributed by atoms with van der Waals surface area (Å²) in [5.41, 5.74) is 7.29. The van der Waals surface area contributed by atoms with Crippen molar-refractivity contribution in [3.8, 4) is 5.69 Å². The monoisotopic (exact) mass is 291 g/mol. The van der Waals surface area contributed by atoms with Gasteiger partial charge in [0.25, 0.3) is 0 Å². The van der Waals surface area contributed by atoms with Gasteiger partial charge in [0.15, 0.2) is 5.69 Å². The smallest absolute Gasteiger partial charge is 0.358 e. The number of nitrogens with two attached hydrogens (primary N) is 1. The first-order chi connectivity index (χ1) is 10.2. The quantitative estimate of drug-likeness (QED) is 0.441. The van der Waals surface area contributed by atoms with Gasteiger partial charge >= 0.3 is 5.97 Å². The first kappa shape index (κ1) is 15.0. The molecule has 0 unspecified atom stereocenters. The van der Waals surface area contributed by atoms with E-state index in [1.54, 1.807) is 41.2 Å². The van der Waals surface area contributed by atoms with Gasteiger partial charge in [0.1, 0.15) is 6.61 Å². The molecule has 0 aliphatic heterocycles. The van der Waals surface area contributed by atoms with E-state index in [-0.39, 0.29) is 32.1 Å². The van der Waals surface area contributed by atoms with Crippen LogP contribution in [0.4, 0.5) is 5.69 Å². The number of carbonyl (C=O) groups is 1. The van der Waals surface area contributed by atoms with Crippen LogP contribution in [0.1, 0.15) is 10.5 Å². The van der Waals surface area contributed by atoms with Crippen molar-refractivity contribution in [2.45, 2.75) is 0 Å². The van der Waals surface area contributed by atoms with Gasteiger partial charge in [0.05, 0.1) is 25.5 Å². The van der Waals surface area contributed by atoms with Gasteiger partial charge in [-0.25, -0.2) is 9.48 Å². The standard InChI is InChI=1S/C14H17N3O4/c15-11-1-3-12(4-2-11)17-6-5-13(16-17)14(19)21-10-9-20-8-7-18/h1-6,18H,7-10,15H2. The maximum absolute atomic E-state index is 11.8. The molecular formula is C14H17N3O4. The van der Waals surface area contributed by atoms with E-state index in [2.05, 4.69) is 5.10 Å². The molecule has 0 spiro atoms. The number of aliphatic hydroxyl groups is 1. The van der Waals surface area contributed by atoms with E-state index in [1.807, 2.05) is 0 Å². The van der Waals surface area contributed by atoms with E-state index in [9.17, 15) is 4.79 Å². The minimum atomic E-state index is -0.517. The van der Waals surface area contributed by atoms with Gasteiger partial charge in [-0.05, 0) is 30.3 Å². The number of nitrogen functional groups attached to an aromatic ring is 1. The second-order valence-corrected chi connectivity index (χ2v) is 4.21. The third-order valence-corrected chi connectivity index (χ3v) is 2.65. The lowest BCUT2D eigenvalue weighted by Crippen LogP contribution is -2.13. The molecule has 21 heavy (non-hydrogen) atoms. The maximum atomic E-state index is 11.8. The van der Waals surface area contributed by atoms with Crippen LogP contribution >= 0.6 is 0 Å². The topological polar surface area (TPSA) is 99.6 Å². The summed E-state index contributed by atoms with van der Waals surface area (Å²) >= 11 is 0. The molecule has 1 aromatic carbocycles. The number of anilines is 1. The Morgan fingerprint density at radius 3 is 2.67 bits per heavy atom. The zero-order valence-electron chi connectivity index (χ0n) is 11.4. The van der Waals surface area contributed by atoms with E-state index in [0.717, 1.165) is 5.69 Å². The predicted octanol–water partition coefficient (Wildman–Crippen LogP) is 0.620. The van der Waals surface area contributed by atoms with Crippen molar-refractivity contribution in [2.24, 2.45) is 0 Å². The normalized spacial score (nSPS) is 10.5. The summed E-state index contributed by atoms with van der Waals surface area (Å²) in [5.74, 6) is -0.517. The van der Waals surface area contributed by atoms with E-state index in [4.69, 9.17) is 20.3 Å². The lowest BCUT2D eigenvalue weighted by molar-refractivity contribution is 0.0253. The molecule has 0 saturated heterocycles. The first-order valence-corrected chi connectivity index (χ1v) is 6.48. The summed E-state index contributed by atoms with van der Waals surface area (Å²) in [6.07, 6.45) is 1.67. The van der Waals surface area contributed by atoms with Crippen molar-refractivity contribution < 1.29 is 19.4 Å². The molecular weight excluding hydrogens is 274 g/mol. The summed E-state index contributed by atoms with van der Waals surface area (Å²) in [6.45, 7) is 0.530. The van der Waals surface area contributed by atoms with Crippen LogP contribution in [0.5, 0.6) is 0 Å². The van der Waals surface area contributed by atoms with Gasteiger partial charge in [0.2, 0.25) is 0 Å². The number of aromatic nitrogens is 2. The molecule has 0 aliphatic carbocycles. The molecule has 0 radical (unpaired) electrons. The van der Waals surface area contributed by atoms with Gasteiger partial charge < -0.3 is 20.3 Å². The van der Waals surface area contributed by atoms with Gasteiger partial charge in [-0.15, -0.1) is 0 Å². The van der Waals surface area contributed by atoms with Crippen LogP contribution in [0, 0.1) is 0 Å². The van der Waals surface area contributed by atoms with Crippen LogP contribution in [0.25, 0.3) is 5.69 Å². The van der Waals surface area contributed by atoms with Crippen molar-refractivity contribution in [1.82, 2.24) is 9.78 Å². The molecule has 0 bridgehead atoms. The second-order valence-electron chi connectivity index (χ2n) is 4.21. The van der Waals surface area contributed by atoms with Crippen LogP contribution in [0.15, 0.2) is 36.5 Å². The van der Waals surface area contributed by atoms with Gasteiger partial charge in [-0.3, -0.25) is 0 Å². The Bertz CT molecular complexity index is 580. The number of carbonyl (C=O) groups excluding carboxylic acids is 1. The Morgan fingerprint density at radius 2 is 1.95 bits per heavy atom. The highest BCUT2D eigenvalue weighted by Gasteiger charge is 2.11. The third-order valence-electron chi connectivity index (χ3n) is 2.65. The summed E-state index contributed by atoms with van der Waals surface area (Å²) in [7, 11) is 0. The van der Waals surface area contributed by atoms with E-state index >= 15 is 0 Å². The summed E-state index contributed by atoms with van der Waals surface area (Å²) in [4.78, 5) is 11.8. The average molecular weight is 291 g/mol. The number of rotatable bonds is 7. The van der Waals surface area contributed by atoms with Gasteiger partial charge in [-0.2, -0.15) is 5.10 Å². The average Bonchev–Trinajstić information content (AvgIpc) is 2.97. The van der Waals surface area contributed by atoms with E-state index in [1.165, 1.54) is 0 Å². The van der Waals surface area contributed by atoms with Crippen LogP contribution in [0.2, 0.25) is 0 Å². The fourth-order valence-corrected chi connectivity index (χ4v) is 1.64. The number of hydrogen-bond donors (Lipinski definition) is 2. The number of nitrogens with zero attached hydrogens (tertiary/aromatic N) is 2. The highest BCUT2D eigenvalue weighted by Crippen LogP contribution is 2.11. The molecule has 7 nitrogen and oxygen atoms in total. The summed E-state index contributed by atoms with van der Waals surface area (Å²) in [6, 6.07) is 8.70. The molecule has 2 rings (SSSR count). The van der Waals surface area contributed by atoms with Crippen molar-refractivity contribution >= 4 is 11.7 Å². The third kappa shape index (κ3) is 4.30. The zero-order chi connectivity index (χ0) is 15.1. The molecule has 0 amide bonds. The molecule has 2 aromatic rings. The van der Waals surface area contributed by atoms with Crippen molar-refractivity contribution in [3.05, 3.63) is 42.2 Å². The molecule has 0 saturated carbocycles. The minimum Gasteiger partial charge on any atom is -0.458 e. The lowest BCUT2D eigenvalue weighted by Gasteiger charge is -2.04.